The molecule has 5 nitrogen and oxygen atoms in total. The Kier molecular flexibility index (Phi) is 6.36. The van der Waals surface area contributed by atoms with E-state index in [1.165, 1.54) is 0 Å². The van der Waals surface area contributed by atoms with Crippen LogP contribution in [-0.4, -0.2) is 30.9 Å². The molecular weight excluding hydrogens is 230 g/mol. The molecule has 0 radical (unpaired) electrons. The van der Waals surface area contributed by atoms with Crippen molar-refractivity contribution in [2.24, 2.45) is 5.73 Å². The molecule has 0 unspecified atom stereocenters. The van der Waals surface area contributed by atoms with Gasteiger partial charge in [-0.15, -0.1) is 12.4 Å². The van der Waals surface area contributed by atoms with Crippen molar-refractivity contribution in [2.75, 3.05) is 13.6 Å². The standard InChI is InChI=1S/C10H19N3O2.ClH/c1-12-6-3-9(15)13-10(4-2-5-10)7-8(11)14;/h12H,2-7H2,1H3,(H2,11,14)(H,13,15);1H. The number of carbonyl (C=O) groups excluding carboxylic acids is 2. The lowest BCUT2D eigenvalue weighted by atomic mass is 9.74. The Bertz CT molecular complexity index is 254. The third-order valence-corrected chi connectivity index (χ3v) is 2.83. The molecule has 0 aromatic heterocycles. The van der Waals surface area contributed by atoms with E-state index in [1.54, 1.807) is 7.05 Å². The van der Waals surface area contributed by atoms with Gasteiger partial charge in [0, 0.05) is 24.9 Å². The van der Waals surface area contributed by atoms with Gasteiger partial charge in [0.15, 0.2) is 0 Å². The minimum absolute atomic E-state index is 0. The molecule has 0 aromatic rings. The summed E-state index contributed by atoms with van der Waals surface area (Å²) in [5.41, 5.74) is 4.82. The zero-order valence-electron chi connectivity index (χ0n) is 9.54. The highest BCUT2D eigenvalue weighted by Gasteiger charge is 2.39. The lowest BCUT2D eigenvalue weighted by Crippen LogP contribution is -2.55. The van der Waals surface area contributed by atoms with Crippen LogP contribution in [0.15, 0.2) is 0 Å². The van der Waals surface area contributed by atoms with Crippen LogP contribution in [0.25, 0.3) is 0 Å². The summed E-state index contributed by atoms with van der Waals surface area (Å²) in [6, 6.07) is 0. The second kappa shape index (κ2) is 6.70. The number of carbonyl (C=O) groups is 2. The molecule has 0 atom stereocenters. The number of rotatable bonds is 6. The summed E-state index contributed by atoms with van der Waals surface area (Å²) >= 11 is 0. The molecule has 0 bridgehead atoms. The van der Waals surface area contributed by atoms with E-state index in [0.717, 1.165) is 19.3 Å². The Morgan fingerprint density at radius 2 is 2.00 bits per heavy atom. The summed E-state index contributed by atoms with van der Waals surface area (Å²) in [6.07, 6.45) is 3.48. The summed E-state index contributed by atoms with van der Waals surface area (Å²) in [5, 5.41) is 5.82. The van der Waals surface area contributed by atoms with Gasteiger partial charge in [0.2, 0.25) is 11.8 Å². The fraction of sp³-hybridized carbons (Fsp3) is 0.800. The summed E-state index contributed by atoms with van der Waals surface area (Å²) < 4.78 is 0. The lowest BCUT2D eigenvalue weighted by molar-refractivity contribution is -0.126. The van der Waals surface area contributed by atoms with Gasteiger partial charge in [-0.2, -0.15) is 0 Å². The number of hydrogen-bond acceptors (Lipinski definition) is 3. The largest absolute Gasteiger partial charge is 0.370 e. The molecular formula is C10H20ClN3O2. The van der Waals surface area contributed by atoms with Gasteiger partial charge in [-0.1, -0.05) is 0 Å². The average Bonchev–Trinajstić information content (AvgIpc) is 2.10. The molecule has 1 aliphatic carbocycles. The molecule has 1 rings (SSSR count). The molecule has 0 saturated heterocycles. The van der Waals surface area contributed by atoms with Gasteiger partial charge >= 0.3 is 0 Å². The zero-order valence-corrected chi connectivity index (χ0v) is 10.4. The van der Waals surface area contributed by atoms with Gasteiger partial charge in [0.1, 0.15) is 0 Å². The minimum Gasteiger partial charge on any atom is -0.370 e. The third-order valence-electron chi connectivity index (χ3n) is 2.83. The number of amides is 2. The van der Waals surface area contributed by atoms with Crippen LogP contribution in [0.2, 0.25) is 0 Å². The maximum Gasteiger partial charge on any atom is 0.221 e. The monoisotopic (exact) mass is 249 g/mol. The molecule has 0 spiro atoms. The molecule has 6 heteroatoms. The van der Waals surface area contributed by atoms with E-state index < -0.39 is 0 Å². The van der Waals surface area contributed by atoms with Crippen molar-refractivity contribution in [3.63, 3.8) is 0 Å². The summed E-state index contributed by atoms with van der Waals surface area (Å²) in [5.74, 6) is -0.353. The van der Waals surface area contributed by atoms with E-state index in [-0.39, 0.29) is 36.2 Å². The van der Waals surface area contributed by atoms with Gasteiger partial charge in [0.05, 0.1) is 0 Å². The number of hydrogen-bond donors (Lipinski definition) is 3. The minimum atomic E-state index is -0.344. The van der Waals surface area contributed by atoms with Crippen LogP contribution in [0.1, 0.15) is 32.1 Å². The Hall–Kier alpha value is -0.810. The predicted molar refractivity (Wildman–Crippen MR) is 64.3 cm³/mol. The highest BCUT2D eigenvalue weighted by molar-refractivity contribution is 5.85. The van der Waals surface area contributed by atoms with E-state index in [4.69, 9.17) is 5.73 Å². The van der Waals surface area contributed by atoms with Crippen molar-refractivity contribution in [1.82, 2.24) is 10.6 Å². The first-order valence-corrected chi connectivity index (χ1v) is 5.32. The first kappa shape index (κ1) is 15.2. The molecule has 4 N–H and O–H groups in total. The highest BCUT2D eigenvalue weighted by atomic mass is 35.5. The van der Waals surface area contributed by atoms with Gasteiger partial charge in [-0.05, 0) is 26.3 Å². The van der Waals surface area contributed by atoms with Gasteiger partial charge in [-0.25, -0.2) is 0 Å². The average molecular weight is 250 g/mol. The SMILES string of the molecule is CNCCC(=O)NC1(CC(N)=O)CCC1.Cl. The first-order valence-electron chi connectivity index (χ1n) is 5.32. The second-order valence-corrected chi connectivity index (χ2v) is 4.18. The first-order chi connectivity index (χ1) is 7.08. The normalized spacial score (nSPS) is 16.8. The fourth-order valence-electron chi connectivity index (χ4n) is 1.88. The number of nitrogens with two attached hydrogens (primary N) is 1. The molecule has 0 heterocycles. The van der Waals surface area contributed by atoms with Crippen LogP contribution >= 0.6 is 12.4 Å². The van der Waals surface area contributed by atoms with Crippen LogP contribution in [0.3, 0.4) is 0 Å². The van der Waals surface area contributed by atoms with E-state index >= 15 is 0 Å². The van der Waals surface area contributed by atoms with Crippen LogP contribution in [0, 0.1) is 0 Å². The van der Waals surface area contributed by atoms with Gasteiger partial charge in [-0.3, -0.25) is 9.59 Å². The van der Waals surface area contributed by atoms with Crippen LogP contribution in [0.4, 0.5) is 0 Å². The maximum absolute atomic E-state index is 11.5. The van der Waals surface area contributed by atoms with Gasteiger partial charge in [0.25, 0.3) is 0 Å². The third kappa shape index (κ3) is 4.37. The van der Waals surface area contributed by atoms with Crippen molar-refractivity contribution < 1.29 is 9.59 Å². The van der Waals surface area contributed by atoms with E-state index in [1.807, 2.05) is 0 Å². The van der Waals surface area contributed by atoms with Crippen molar-refractivity contribution in [3.05, 3.63) is 0 Å². The molecule has 0 aliphatic heterocycles. The summed E-state index contributed by atoms with van der Waals surface area (Å²) in [4.78, 5) is 22.4. The maximum atomic E-state index is 11.5. The van der Waals surface area contributed by atoms with Gasteiger partial charge < -0.3 is 16.4 Å². The second-order valence-electron chi connectivity index (χ2n) is 4.18. The van der Waals surface area contributed by atoms with E-state index in [0.29, 0.717) is 13.0 Å². The highest BCUT2D eigenvalue weighted by Crippen LogP contribution is 2.34. The lowest BCUT2D eigenvalue weighted by Gasteiger charge is -2.41. The molecule has 1 aliphatic rings. The van der Waals surface area contributed by atoms with Crippen molar-refractivity contribution in [3.8, 4) is 0 Å². The van der Waals surface area contributed by atoms with Crippen molar-refractivity contribution >= 4 is 24.2 Å². The van der Waals surface area contributed by atoms with Crippen LogP contribution < -0.4 is 16.4 Å². The Morgan fingerprint density at radius 1 is 1.38 bits per heavy atom. The van der Waals surface area contributed by atoms with Crippen molar-refractivity contribution in [1.29, 1.82) is 0 Å². The topological polar surface area (TPSA) is 84.2 Å². The van der Waals surface area contributed by atoms with Crippen LogP contribution in [0.5, 0.6) is 0 Å². The molecule has 2 amide bonds. The van der Waals surface area contributed by atoms with Crippen LogP contribution in [-0.2, 0) is 9.59 Å². The Balaban J connectivity index is 0.00000225. The molecule has 1 saturated carbocycles. The number of nitrogens with one attached hydrogen (secondary N) is 2. The smallest absolute Gasteiger partial charge is 0.221 e. The number of primary amides is 1. The fourth-order valence-corrected chi connectivity index (χ4v) is 1.88. The quantitative estimate of drug-likeness (QED) is 0.616. The van der Waals surface area contributed by atoms with Crippen molar-refractivity contribution in [2.45, 2.75) is 37.6 Å². The molecule has 16 heavy (non-hydrogen) atoms. The summed E-state index contributed by atoms with van der Waals surface area (Å²) in [7, 11) is 1.80. The Morgan fingerprint density at radius 3 is 2.38 bits per heavy atom. The Labute approximate surface area is 102 Å². The number of halogens is 1. The van der Waals surface area contributed by atoms with E-state index in [9.17, 15) is 9.59 Å². The zero-order chi connectivity index (χ0) is 11.3. The molecule has 94 valence electrons. The predicted octanol–water partition coefficient (Wildman–Crippen LogP) is -0.0680. The molecule has 1 fully saturated rings. The van der Waals surface area contributed by atoms with E-state index in [2.05, 4.69) is 10.6 Å². The summed E-state index contributed by atoms with van der Waals surface area (Å²) in [6.45, 7) is 0.651. The molecule has 0 aromatic carbocycles.